The van der Waals surface area contributed by atoms with Crippen molar-refractivity contribution in [2.45, 2.75) is 25.0 Å². The van der Waals surface area contributed by atoms with Crippen LogP contribution in [-0.2, 0) is 4.79 Å². The minimum Gasteiger partial charge on any atom is -0.492 e. The molecule has 0 bridgehead atoms. The molecule has 1 saturated heterocycles. The molecular weight excluding hydrogens is 396 g/mol. The molecule has 1 aromatic heterocycles. The molecule has 9 nitrogen and oxygen atoms in total. The molecule has 2 aliphatic rings. The number of amides is 1. The van der Waals surface area contributed by atoms with Crippen molar-refractivity contribution in [3.8, 4) is 11.8 Å². The zero-order valence-corrected chi connectivity index (χ0v) is 16.9. The van der Waals surface area contributed by atoms with Crippen molar-refractivity contribution >= 4 is 28.3 Å². The third kappa shape index (κ3) is 2.80. The lowest BCUT2D eigenvalue weighted by Gasteiger charge is -2.34. The molecule has 3 heterocycles. The summed E-state index contributed by atoms with van der Waals surface area (Å²) in [4.78, 5) is 17.9. The second kappa shape index (κ2) is 7.04. The fraction of sp³-hybridized carbons (Fsp3) is 0.227. The van der Waals surface area contributed by atoms with E-state index in [4.69, 9.17) is 14.9 Å². The van der Waals surface area contributed by atoms with Gasteiger partial charge in [0.2, 0.25) is 5.89 Å². The Morgan fingerprint density at radius 1 is 1.26 bits per heavy atom. The molecule has 9 heteroatoms. The Morgan fingerprint density at radius 3 is 2.74 bits per heavy atom. The Kier molecular flexibility index (Phi) is 4.30. The Hall–Kier alpha value is -4.03. The van der Waals surface area contributed by atoms with E-state index in [9.17, 15) is 10.1 Å². The minimum absolute atomic E-state index is 0.158. The maximum atomic E-state index is 13.5. The van der Waals surface area contributed by atoms with Crippen LogP contribution in [0.2, 0.25) is 0 Å². The van der Waals surface area contributed by atoms with Crippen LogP contribution in [0.1, 0.15) is 24.3 Å². The Balaban J connectivity index is 1.58. The van der Waals surface area contributed by atoms with Crippen LogP contribution in [0.5, 0.6) is 5.75 Å². The normalized spacial score (nSPS) is 22.9. The topological polar surface area (TPSA) is 129 Å². The number of nitrogen functional groups attached to an aromatic ring is 1. The number of allylic oxidation sites excluding steroid dienone is 1. The first-order valence-electron chi connectivity index (χ1n) is 9.78. The maximum Gasteiger partial charge on any atom is 0.277 e. The van der Waals surface area contributed by atoms with E-state index >= 15 is 0 Å². The number of nitrogens with one attached hydrogen (secondary N) is 2. The van der Waals surface area contributed by atoms with E-state index in [1.807, 2.05) is 30.3 Å². The van der Waals surface area contributed by atoms with Crippen LogP contribution in [0, 0.1) is 11.3 Å². The van der Waals surface area contributed by atoms with Gasteiger partial charge in [-0.25, -0.2) is 15.4 Å². The second-order valence-electron chi connectivity index (χ2n) is 7.49. The predicted molar refractivity (Wildman–Crippen MR) is 113 cm³/mol. The summed E-state index contributed by atoms with van der Waals surface area (Å²) in [7, 11) is 1.50. The molecule has 4 N–H and O–H groups in total. The highest BCUT2D eigenvalue weighted by Gasteiger charge is 2.49. The standard InChI is InChI=1S/C22H20N6O3/c1-11-16(21-26-18-15(31-21)9-8-13(24)19(18)30-2)22(29)28-20(25-11)17(14(10-23)27-28)12-6-4-3-5-7-12/h3-9,14,17,20,25,27H,24H2,1-2H3. The maximum absolute atomic E-state index is 13.5. The molecule has 2 aliphatic heterocycles. The quantitative estimate of drug-likeness (QED) is 0.554. The van der Waals surface area contributed by atoms with Crippen LogP contribution in [0.3, 0.4) is 0 Å². The number of hydrazine groups is 1. The van der Waals surface area contributed by atoms with Crippen molar-refractivity contribution in [1.82, 2.24) is 20.7 Å². The van der Waals surface area contributed by atoms with E-state index < -0.39 is 12.2 Å². The Bertz CT molecular complexity index is 1260. The van der Waals surface area contributed by atoms with Gasteiger partial charge in [0.25, 0.3) is 5.91 Å². The van der Waals surface area contributed by atoms with Crippen LogP contribution in [-0.4, -0.2) is 35.2 Å². The van der Waals surface area contributed by atoms with Gasteiger partial charge in [-0.1, -0.05) is 30.3 Å². The summed E-state index contributed by atoms with van der Waals surface area (Å²) in [5, 5.41) is 14.5. The zero-order chi connectivity index (χ0) is 21.7. The van der Waals surface area contributed by atoms with Crippen molar-refractivity contribution in [2.75, 3.05) is 12.8 Å². The number of methoxy groups -OCH3 is 1. The van der Waals surface area contributed by atoms with Crippen LogP contribution in [0.15, 0.2) is 52.6 Å². The average Bonchev–Trinajstić information content (AvgIpc) is 3.36. The molecule has 0 radical (unpaired) electrons. The molecule has 3 unspecified atom stereocenters. The fourth-order valence-electron chi connectivity index (χ4n) is 4.29. The number of nitriles is 1. The molecule has 156 valence electrons. The first kappa shape index (κ1) is 19.0. The van der Waals surface area contributed by atoms with Crippen molar-refractivity contribution in [3.05, 3.63) is 59.6 Å². The molecule has 0 aliphatic carbocycles. The Morgan fingerprint density at radius 2 is 2.03 bits per heavy atom. The average molecular weight is 416 g/mol. The zero-order valence-electron chi connectivity index (χ0n) is 16.9. The summed E-state index contributed by atoms with van der Waals surface area (Å²) < 4.78 is 11.2. The summed E-state index contributed by atoms with van der Waals surface area (Å²) in [6, 6.07) is 14.7. The van der Waals surface area contributed by atoms with Gasteiger partial charge >= 0.3 is 0 Å². The molecule has 0 spiro atoms. The highest BCUT2D eigenvalue weighted by molar-refractivity contribution is 6.20. The molecule has 31 heavy (non-hydrogen) atoms. The monoisotopic (exact) mass is 416 g/mol. The lowest BCUT2D eigenvalue weighted by molar-refractivity contribution is -0.130. The highest BCUT2D eigenvalue weighted by Crippen LogP contribution is 2.38. The van der Waals surface area contributed by atoms with Crippen molar-refractivity contribution in [1.29, 1.82) is 5.26 Å². The van der Waals surface area contributed by atoms with Crippen molar-refractivity contribution in [3.63, 3.8) is 0 Å². The number of nitrogens with two attached hydrogens (primary N) is 1. The van der Waals surface area contributed by atoms with E-state index in [-0.39, 0.29) is 23.3 Å². The summed E-state index contributed by atoms with van der Waals surface area (Å²) in [6.45, 7) is 1.80. The van der Waals surface area contributed by atoms with Gasteiger partial charge in [-0.15, -0.1) is 0 Å². The summed E-state index contributed by atoms with van der Waals surface area (Å²) in [5.74, 6) is -0.00718. The molecule has 3 atom stereocenters. The van der Waals surface area contributed by atoms with E-state index in [1.54, 1.807) is 19.1 Å². The smallest absolute Gasteiger partial charge is 0.277 e. The first-order chi connectivity index (χ1) is 15.0. The van der Waals surface area contributed by atoms with Crippen LogP contribution >= 0.6 is 0 Å². The number of hydrogen-bond donors (Lipinski definition) is 3. The van der Waals surface area contributed by atoms with Crippen LogP contribution in [0.25, 0.3) is 16.7 Å². The summed E-state index contributed by atoms with van der Waals surface area (Å²) in [5.41, 5.74) is 12.2. The molecule has 1 fully saturated rings. The van der Waals surface area contributed by atoms with Crippen LogP contribution in [0.4, 0.5) is 5.69 Å². The van der Waals surface area contributed by atoms with Gasteiger partial charge in [-0.05, 0) is 24.6 Å². The van der Waals surface area contributed by atoms with Gasteiger partial charge in [0.1, 0.15) is 17.8 Å². The van der Waals surface area contributed by atoms with E-state index in [1.165, 1.54) is 12.1 Å². The van der Waals surface area contributed by atoms with Crippen molar-refractivity contribution in [2.24, 2.45) is 0 Å². The van der Waals surface area contributed by atoms with Gasteiger partial charge in [-0.3, -0.25) is 4.79 Å². The largest absolute Gasteiger partial charge is 0.492 e. The lowest BCUT2D eigenvalue weighted by atomic mass is 9.90. The number of carbonyl (C=O) groups is 1. The number of aromatic nitrogens is 1. The van der Waals surface area contributed by atoms with Gasteiger partial charge in [-0.2, -0.15) is 5.26 Å². The number of benzene rings is 2. The first-order valence-corrected chi connectivity index (χ1v) is 9.78. The number of fused-ring (bicyclic) bond motifs is 2. The number of nitrogens with zero attached hydrogens (tertiary/aromatic N) is 3. The third-order valence-electron chi connectivity index (χ3n) is 5.71. The number of hydrogen-bond acceptors (Lipinski definition) is 8. The van der Waals surface area contributed by atoms with Crippen LogP contribution < -0.4 is 21.2 Å². The van der Waals surface area contributed by atoms with Gasteiger partial charge in [0.15, 0.2) is 16.8 Å². The summed E-state index contributed by atoms with van der Waals surface area (Å²) >= 11 is 0. The number of ether oxygens (including phenoxy) is 1. The number of carbonyl (C=O) groups excluding carboxylic acids is 1. The SMILES string of the molecule is COc1c(N)ccc2oc(C3=C(C)NC4C(c5ccccc5)C(C#N)NN4C3=O)nc12. The predicted octanol–water partition coefficient (Wildman–Crippen LogP) is 2.10. The summed E-state index contributed by atoms with van der Waals surface area (Å²) in [6.07, 6.45) is -0.419. The molecule has 2 aromatic carbocycles. The van der Waals surface area contributed by atoms with E-state index in [0.717, 1.165) is 5.56 Å². The number of anilines is 1. The number of rotatable bonds is 3. The molecule has 1 amide bonds. The molecule has 3 aromatic rings. The third-order valence-corrected chi connectivity index (χ3v) is 5.71. The number of oxazole rings is 1. The van der Waals surface area contributed by atoms with Gasteiger partial charge < -0.3 is 20.2 Å². The van der Waals surface area contributed by atoms with E-state index in [2.05, 4.69) is 21.8 Å². The molecule has 0 saturated carbocycles. The van der Waals surface area contributed by atoms with Gasteiger partial charge in [0.05, 0.1) is 24.8 Å². The molecule has 5 rings (SSSR count). The minimum atomic E-state index is -0.570. The van der Waals surface area contributed by atoms with E-state index in [0.29, 0.717) is 28.2 Å². The second-order valence-corrected chi connectivity index (χ2v) is 7.49. The highest BCUT2D eigenvalue weighted by atomic mass is 16.5. The fourth-order valence-corrected chi connectivity index (χ4v) is 4.29. The van der Waals surface area contributed by atoms with Crippen molar-refractivity contribution < 1.29 is 13.9 Å². The Labute approximate surface area is 178 Å². The molecular formula is C22H20N6O3. The lowest BCUT2D eigenvalue weighted by Crippen LogP contribution is -2.54. The van der Waals surface area contributed by atoms with Gasteiger partial charge in [0, 0.05) is 5.70 Å².